The predicted octanol–water partition coefficient (Wildman–Crippen LogP) is 1.32. The van der Waals surface area contributed by atoms with Crippen molar-refractivity contribution in [1.29, 1.82) is 0 Å². The molecule has 4 aliphatic heterocycles. The van der Waals surface area contributed by atoms with Gasteiger partial charge in [-0.3, -0.25) is 29.4 Å². The van der Waals surface area contributed by atoms with E-state index in [1.54, 1.807) is 12.1 Å². The molecule has 0 aromatic heterocycles. The fourth-order valence-corrected chi connectivity index (χ4v) is 5.46. The molecule has 34 heavy (non-hydrogen) atoms. The van der Waals surface area contributed by atoms with E-state index in [1.807, 2.05) is 6.07 Å². The SMILES string of the molecule is O=C1CCC(N2C(=O)c3ccc(N4CCC(COCC5CCNCC5)CC4)cc3C2=O)C(=O)N1. The summed E-state index contributed by atoms with van der Waals surface area (Å²) < 4.78 is 6.04. The molecule has 2 N–H and O–H groups in total. The summed E-state index contributed by atoms with van der Waals surface area (Å²) in [5, 5.41) is 5.61. The van der Waals surface area contributed by atoms with Crippen molar-refractivity contribution in [2.75, 3.05) is 44.3 Å². The van der Waals surface area contributed by atoms with Gasteiger partial charge in [0.2, 0.25) is 11.8 Å². The van der Waals surface area contributed by atoms with Crippen LogP contribution in [0.25, 0.3) is 0 Å². The smallest absolute Gasteiger partial charge is 0.262 e. The largest absolute Gasteiger partial charge is 0.381 e. The van der Waals surface area contributed by atoms with Crippen molar-refractivity contribution in [2.45, 2.75) is 44.6 Å². The average Bonchev–Trinajstić information content (AvgIpc) is 3.10. The standard InChI is InChI=1S/C25H32N4O5/c30-22-4-3-21(23(31)27-22)29-24(32)19-2-1-18(13-20(19)25(29)33)28-11-7-17(8-12-28)15-34-14-16-5-9-26-10-6-16/h1-2,13,16-17,21,26H,3-12,14-15H2,(H,27,30,31). The van der Waals surface area contributed by atoms with E-state index in [0.717, 1.165) is 62.8 Å². The van der Waals surface area contributed by atoms with Crippen LogP contribution < -0.4 is 15.5 Å². The lowest BCUT2D eigenvalue weighted by Gasteiger charge is -2.34. The van der Waals surface area contributed by atoms with Crippen molar-refractivity contribution < 1.29 is 23.9 Å². The number of hydrogen-bond donors (Lipinski definition) is 2. The van der Waals surface area contributed by atoms with Crippen LogP contribution in [-0.2, 0) is 14.3 Å². The van der Waals surface area contributed by atoms with E-state index in [4.69, 9.17) is 4.74 Å². The normalized spacial score (nSPS) is 24.5. The van der Waals surface area contributed by atoms with E-state index in [1.165, 1.54) is 12.8 Å². The second-order valence-corrected chi connectivity index (χ2v) is 9.84. The number of carbonyl (C=O) groups is 4. The molecule has 4 heterocycles. The van der Waals surface area contributed by atoms with Crippen molar-refractivity contribution in [3.8, 4) is 0 Å². The molecule has 1 atom stereocenters. The molecule has 3 fully saturated rings. The minimum absolute atomic E-state index is 0.117. The second kappa shape index (κ2) is 9.84. The van der Waals surface area contributed by atoms with Gasteiger partial charge in [-0.05, 0) is 75.2 Å². The number of hydrogen-bond acceptors (Lipinski definition) is 7. The molecule has 4 aliphatic rings. The van der Waals surface area contributed by atoms with Crippen LogP contribution in [-0.4, -0.2) is 74.0 Å². The molecule has 0 saturated carbocycles. The number of nitrogens with one attached hydrogen (secondary N) is 2. The van der Waals surface area contributed by atoms with E-state index in [9.17, 15) is 19.2 Å². The summed E-state index contributed by atoms with van der Waals surface area (Å²) in [6, 6.07) is 4.40. The summed E-state index contributed by atoms with van der Waals surface area (Å²) in [4.78, 5) is 52.9. The first kappa shape index (κ1) is 23.0. The Morgan fingerprint density at radius 3 is 2.24 bits per heavy atom. The van der Waals surface area contributed by atoms with Crippen LogP contribution in [0.1, 0.15) is 59.2 Å². The highest BCUT2D eigenvalue weighted by molar-refractivity contribution is 6.23. The van der Waals surface area contributed by atoms with Crippen LogP contribution in [0.5, 0.6) is 0 Å². The minimum atomic E-state index is -0.936. The molecule has 0 radical (unpaired) electrons. The molecule has 1 unspecified atom stereocenters. The topological polar surface area (TPSA) is 108 Å². The van der Waals surface area contributed by atoms with Crippen LogP contribution in [0.4, 0.5) is 5.69 Å². The summed E-state index contributed by atoms with van der Waals surface area (Å²) in [5.41, 5.74) is 1.57. The Morgan fingerprint density at radius 1 is 0.853 bits per heavy atom. The lowest BCUT2D eigenvalue weighted by Crippen LogP contribution is -2.54. The van der Waals surface area contributed by atoms with Crippen molar-refractivity contribution in [1.82, 2.24) is 15.5 Å². The molecule has 9 heteroatoms. The Labute approximate surface area is 199 Å². The number of ether oxygens (including phenoxy) is 1. The molecule has 4 amide bonds. The van der Waals surface area contributed by atoms with Gasteiger partial charge in [0, 0.05) is 38.4 Å². The third kappa shape index (κ3) is 4.59. The van der Waals surface area contributed by atoms with Crippen molar-refractivity contribution in [3.05, 3.63) is 29.3 Å². The van der Waals surface area contributed by atoms with E-state index < -0.39 is 23.8 Å². The van der Waals surface area contributed by atoms with Crippen molar-refractivity contribution >= 4 is 29.3 Å². The van der Waals surface area contributed by atoms with Gasteiger partial charge in [-0.25, -0.2) is 0 Å². The van der Waals surface area contributed by atoms with Gasteiger partial charge in [0.1, 0.15) is 6.04 Å². The predicted molar refractivity (Wildman–Crippen MR) is 124 cm³/mol. The fourth-order valence-electron chi connectivity index (χ4n) is 5.46. The number of anilines is 1. The quantitative estimate of drug-likeness (QED) is 0.606. The number of amides is 4. The summed E-state index contributed by atoms with van der Waals surface area (Å²) in [6.45, 7) is 5.58. The summed E-state index contributed by atoms with van der Waals surface area (Å²) in [6.07, 6.45) is 4.72. The van der Waals surface area contributed by atoms with E-state index in [2.05, 4.69) is 15.5 Å². The molecule has 5 rings (SSSR count). The molecule has 9 nitrogen and oxygen atoms in total. The average molecular weight is 469 g/mol. The number of carbonyl (C=O) groups excluding carboxylic acids is 4. The third-order valence-electron chi connectivity index (χ3n) is 7.57. The molecule has 0 bridgehead atoms. The van der Waals surface area contributed by atoms with Crippen LogP contribution in [0, 0.1) is 11.8 Å². The molecule has 0 aliphatic carbocycles. The maximum Gasteiger partial charge on any atom is 0.262 e. The first-order valence-corrected chi connectivity index (χ1v) is 12.4. The summed E-state index contributed by atoms with van der Waals surface area (Å²) in [7, 11) is 0. The zero-order valence-corrected chi connectivity index (χ0v) is 19.4. The van der Waals surface area contributed by atoms with Gasteiger partial charge in [0.15, 0.2) is 0 Å². The van der Waals surface area contributed by atoms with E-state index in [0.29, 0.717) is 23.0 Å². The first-order chi connectivity index (χ1) is 16.5. The number of imide groups is 2. The number of nitrogens with zero attached hydrogens (tertiary/aromatic N) is 2. The van der Waals surface area contributed by atoms with Gasteiger partial charge < -0.3 is 15.0 Å². The Morgan fingerprint density at radius 2 is 1.53 bits per heavy atom. The Balaban J connectivity index is 1.17. The lowest BCUT2D eigenvalue weighted by molar-refractivity contribution is -0.136. The number of rotatable bonds is 6. The summed E-state index contributed by atoms with van der Waals surface area (Å²) in [5.74, 6) is -0.676. The molecular formula is C25H32N4O5. The molecule has 3 saturated heterocycles. The maximum atomic E-state index is 13.1. The van der Waals surface area contributed by atoms with Crippen molar-refractivity contribution in [2.24, 2.45) is 11.8 Å². The third-order valence-corrected chi connectivity index (χ3v) is 7.57. The van der Waals surface area contributed by atoms with E-state index in [-0.39, 0.29) is 18.7 Å². The Bertz CT molecular complexity index is 982. The number of fused-ring (bicyclic) bond motifs is 1. The zero-order valence-electron chi connectivity index (χ0n) is 19.4. The van der Waals surface area contributed by atoms with Crippen LogP contribution in [0.3, 0.4) is 0 Å². The second-order valence-electron chi connectivity index (χ2n) is 9.84. The van der Waals surface area contributed by atoms with Gasteiger partial charge in [-0.2, -0.15) is 0 Å². The summed E-state index contributed by atoms with van der Waals surface area (Å²) >= 11 is 0. The molecule has 1 aromatic carbocycles. The molecule has 182 valence electrons. The monoisotopic (exact) mass is 468 g/mol. The molecule has 0 spiro atoms. The fraction of sp³-hybridized carbons (Fsp3) is 0.600. The highest BCUT2D eigenvalue weighted by atomic mass is 16.5. The van der Waals surface area contributed by atoms with Gasteiger partial charge >= 0.3 is 0 Å². The van der Waals surface area contributed by atoms with Crippen LogP contribution >= 0.6 is 0 Å². The Kier molecular flexibility index (Phi) is 6.65. The lowest BCUT2D eigenvalue weighted by atomic mass is 9.96. The maximum absolute atomic E-state index is 13.1. The zero-order chi connectivity index (χ0) is 23.7. The van der Waals surface area contributed by atoms with Crippen molar-refractivity contribution in [3.63, 3.8) is 0 Å². The Hall–Kier alpha value is -2.78. The van der Waals surface area contributed by atoms with Crippen LogP contribution in [0.2, 0.25) is 0 Å². The minimum Gasteiger partial charge on any atom is -0.381 e. The number of piperidine rings is 3. The molecule has 1 aromatic rings. The number of benzene rings is 1. The van der Waals surface area contributed by atoms with Gasteiger partial charge in [-0.15, -0.1) is 0 Å². The first-order valence-electron chi connectivity index (χ1n) is 12.4. The van der Waals surface area contributed by atoms with Gasteiger partial charge in [0.05, 0.1) is 11.1 Å². The van der Waals surface area contributed by atoms with Gasteiger partial charge in [0.25, 0.3) is 11.8 Å². The molecular weight excluding hydrogens is 436 g/mol. The van der Waals surface area contributed by atoms with Crippen LogP contribution in [0.15, 0.2) is 18.2 Å². The highest BCUT2D eigenvalue weighted by Crippen LogP contribution is 2.32. The highest BCUT2D eigenvalue weighted by Gasteiger charge is 2.44. The van der Waals surface area contributed by atoms with Gasteiger partial charge in [-0.1, -0.05) is 0 Å². The van der Waals surface area contributed by atoms with E-state index >= 15 is 0 Å².